The van der Waals surface area contributed by atoms with E-state index in [1.807, 2.05) is 12.1 Å². The summed E-state index contributed by atoms with van der Waals surface area (Å²) >= 11 is 0. The summed E-state index contributed by atoms with van der Waals surface area (Å²) in [6, 6.07) is 9.03. The molecule has 0 aliphatic carbocycles. The van der Waals surface area contributed by atoms with Gasteiger partial charge in [-0.2, -0.15) is 0 Å². The van der Waals surface area contributed by atoms with Crippen LogP contribution in [0.2, 0.25) is 0 Å². The number of nitrogens with one attached hydrogen (secondary N) is 2. The van der Waals surface area contributed by atoms with E-state index in [1.54, 1.807) is 7.11 Å². The van der Waals surface area contributed by atoms with Crippen LogP contribution < -0.4 is 20.3 Å². The highest BCUT2D eigenvalue weighted by Gasteiger charge is 2.25. The van der Waals surface area contributed by atoms with E-state index in [1.165, 1.54) is 0 Å². The highest BCUT2D eigenvalue weighted by atomic mass is 16.5. The molecule has 2 heterocycles. The van der Waals surface area contributed by atoms with Gasteiger partial charge < -0.3 is 25.0 Å². The van der Waals surface area contributed by atoms with E-state index in [4.69, 9.17) is 14.5 Å². The minimum absolute atomic E-state index is 0.376. The number of para-hydroxylation sites is 2. The van der Waals surface area contributed by atoms with Crippen LogP contribution in [0.4, 0.5) is 5.69 Å². The molecular weight excluding hydrogens is 354 g/mol. The van der Waals surface area contributed by atoms with Gasteiger partial charge in [-0.05, 0) is 32.4 Å². The van der Waals surface area contributed by atoms with Gasteiger partial charge in [0.2, 0.25) is 0 Å². The third-order valence-corrected chi connectivity index (χ3v) is 5.48. The third-order valence-electron chi connectivity index (χ3n) is 5.48. The average Bonchev–Trinajstić information content (AvgIpc) is 3.21. The third kappa shape index (κ3) is 5.52. The van der Waals surface area contributed by atoms with Crippen molar-refractivity contribution in [3.63, 3.8) is 0 Å². The smallest absolute Gasteiger partial charge is 0.191 e. The van der Waals surface area contributed by atoms with Gasteiger partial charge in [0.15, 0.2) is 5.96 Å². The highest BCUT2D eigenvalue weighted by Crippen LogP contribution is 2.30. The van der Waals surface area contributed by atoms with E-state index in [2.05, 4.69) is 46.4 Å². The standard InChI is InChI=1S/C21H35N5O2/c1-4-22-21(23-15-17(2)25-11-13-28-14-12-25)24-18-9-10-26(16-18)19-7-5-6-8-20(19)27-3/h5-8,17-18H,4,9-16H2,1-3H3,(H2,22,23,24). The topological polar surface area (TPSA) is 61.4 Å². The minimum Gasteiger partial charge on any atom is -0.495 e. The summed E-state index contributed by atoms with van der Waals surface area (Å²) in [6.45, 7) is 11.6. The molecule has 2 unspecified atom stereocenters. The van der Waals surface area contributed by atoms with E-state index < -0.39 is 0 Å². The summed E-state index contributed by atoms with van der Waals surface area (Å²) in [4.78, 5) is 9.69. The summed E-state index contributed by atoms with van der Waals surface area (Å²) in [5, 5.41) is 7.02. The maximum absolute atomic E-state index is 5.52. The van der Waals surface area contributed by atoms with Gasteiger partial charge in [0.1, 0.15) is 5.75 Å². The largest absolute Gasteiger partial charge is 0.495 e. The van der Waals surface area contributed by atoms with Gasteiger partial charge in [0.05, 0.1) is 32.6 Å². The minimum atomic E-state index is 0.376. The van der Waals surface area contributed by atoms with Crippen molar-refractivity contribution in [2.75, 3.05) is 64.5 Å². The quantitative estimate of drug-likeness (QED) is 0.545. The summed E-state index contributed by atoms with van der Waals surface area (Å²) in [7, 11) is 1.73. The molecule has 28 heavy (non-hydrogen) atoms. The number of anilines is 1. The second-order valence-electron chi connectivity index (χ2n) is 7.46. The van der Waals surface area contributed by atoms with Crippen LogP contribution >= 0.6 is 0 Å². The molecule has 2 atom stereocenters. The molecule has 2 N–H and O–H groups in total. The van der Waals surface area contributed by atoms with E-state index in [-0.39, 0.29) is 0 Å². The fraction of sp³-hybridized carbons (Fsp3) is 0.667. The molecule has 0 radical (unpaired) electrons. The zero-order chi connectivity index (χ0) is 19.8. The maximum Gasteiger partial charge on any atom is 0.191 e. The van der Waals surface area contributed by atoms with Crippen molar-refractivity contribution in [1.29, 1.82) is 0 Å². The van der Waals surface area contributed by atoms with Crippen molar-refractivity contribution in [1.82, 2.24) is 15.5 Å². The molecule has 0 bridgehead atoms. The molecule has 2 aliphatic rings. The lowest BCUT2D eigenvalue weighted by Crippen LogP contribution is -2.46. The first-order valence-electron chi connectivity index (χ1n) is 10.5. The Bertz CT molecular complexity index is 633. The van der Waals surface area contributed by atoms with Crippen molar-refractivity contribution >= 4 is 11.6 Å². The Morgan fingerprint density at radius 1 is 1.29 bits per heavy atom. The van der Waals surface area contributed by atoms with Gasteiger partial charge in [0, 0.05) is 44.8 Å². The predicted molar refractivity (Wildman–Crippen MR) is 115 cm³/mol. The van der Waals surface area contributed by atoms with Crippen LogP contribution in [-0.4, -0.2) is 82.5 Å². The summed E-state index contributed by atoms with van der Waals surface area (Å²) < 4.78 is 11.0. The first-order valence-corrected chi connectivity index (χ1v) is 10.5. The molecule has 1 aromatic carbocycles. The Morgan fingerprint density at radius 3 is 2.82 bits per heavy atom. The number of aliphatic imine (C=N–C) groups is 1. The van der Waals surface area contributed by atoms with Crippen molar-refractivity contribution in [2.24, 2.45) is 4.99 Å². The zero-order valence-electron chi connectivity index (χ0n) is 17.5. The van der Waals surface area contributed by atoms with Crippen LogP contribution in [-0.2, 0) is 4.74 Å². The molecule has 7 heteroatoms. The average molecular weight is 390 g/mol. The Kier molecular flexibility index (Phi) is 7.80. The SMILES string of the molecule is CCNC(=NCC(C)N1CCOCC1)NC1CCN(c2ccccc2OC)C1. The predicted octanol–water partition coefficient (Wildman–Crippen LogP) is 1.55. The maximum atomic E-state index is 5.52. The Balaban J connectivity index is 1.55. The second-order valence-corrected chi connectivity index (χ2v) is 7.46. The van der Waals surface area contributed by atoms with Crippen molar-refractivity contribution in [2.45, 2.75) is 32.4 Å². The fourth-order valence-corrected chi connectivity index (χ4v) is 3.86. The van der Waals surface area contributed by atoms with Crippen LogP contribution in [0, 0.1) is 0 Å². The lowest BCUT2D eigenvalue weighted by atomic mass is 10.2. The van der Waals surface area contributed by atoms with Crippen LogP contribution in [0.5, 0.6) is 5.75 Å². The van der Waals surface area contributed by atoms with Gasteiger partial charge in [-0.1, -0.05) is 12.1 Å². The molecule has 2 fully saturated rings. The molecule has 0 saturated carbocycles. The van der Waals surface area contributed by atoms with Crippen molar-refractivity contribution < 1.29 is 9.47 Å². The Labute approximate surface area is 169 Å². The molecule has 2 aliphatic heterocycles. The van der Waals surface area contributed by atoms with Crippen molar-refractivity contribution in [3.05, 3.63) is 24.3 Å². The summed E-state index contributed by atoms with van der Waals surface area (Å²) in [6.07, 6.45) is 1.08. The van der Waals surface area contributed by atoms with E-state index in [9.17, 15) is 0 Å². The normalized spacial score (nSPS) is 22.2. The molecule has 156 valence electrons. The van der Waals surface area contributed by atoms with E-state index in [0.29, 0.717) is 12.1 Å². The number of ether oxygens (including phenoxy) is 2. The van der Waals surface area contributed by atoms with E-state index >= 15 is 0 Å². The number of methoxy groups -OCH3 is 1. The molecule has 0 aromatic heterocycles. The van der Waals surface area contributed by atoms with Crippen LogP contribution in [0.1, 0.15) is 20.3 Å². The number of nitrogens with zero attached hydrogens (tertiary/aromatic N) is 3. The molecule has 3 rings (SSSR count). The Hall–Kier alpha value is -1.99. The summed E-state index contributed by atoms with van der Waals surface area (Å²) in [5.74, 6) is 1.84. The van der Waals surface area contributed by atoms with Gasteiger partial charge in [-0.3, -0.25) is 9.89 Å². The lowest BCUT2D eigenvalue weighted by molar-refractivity contribution is 0.0220. The van der Waals surface area contributed by atoms with Crippen LogP contribution in [0.15, 0.2) is 29.3 Å². The van der Waals surface area contributed by atoms with Crippen molar-refractivity contribution in [3.8, 4) is 5.75 Å². The molecule has 0 spiro atoms. The first kappa shape index (κ1) is 20.7. The molecular formula is C21H35N5O2. The number of benzene rings is 1. The Morgan fingerprint density at radius 2 is 2.07 bits per heavy atom. The molecule has 0 amide bonds. The van der Waals surface area contributed by atoms with Crippen LogP contribution in [0.3, 0.4) is 0 Å². The number of morpholine rings is 1. The first-order chi connectivity index (χ1) is 13.7. The molecule has 1 aromatic rings. The summed E-state index contributed by atoms with van der Waals surface area (Å²) in [5.41, 5.74) is 1.16. The highest BCUT2D eigenvalue weighted by molar-refractivity contribution is 5.80. The molecule has 2 saturated heterocycles. The monoisotopic (exact) mass is 389 g/mol. The van der Waals surface area contributed by atoms with Gasteiger partial charge in [-0.25, -0.2) is 0 Å². The number of guanidine groups is 1. The number of rotatable bonds is 7. The van der Waals surface area contributed by atoms with Gasteiger partial charge in [0.25, 0.3) is 0 Å². The fourth-order valence-electron chi connectivity index (χ4n) is 3.86. The number of hydrogen-bond donors (Lipinski definition) is 2. The zero-order valence-corrected chi connectivity index (χ0v) is 17.5. The molecule has 7 nitrogen and oxygen atoms in total. The van der Waals surface area contributed by atoms with Gasteiger partial charge >= 0.3 is 0 Å². The number of hydrogen-bond acceptors (Lipinski definition) is 5. The van der Waals surface area contributed by atoms with Gasteiger partial charge in [-0.15, -0.1) is 0 Å². The lowest BCUT2D eigenvalue weighted by Gasteiger charge is -2.31. The van der Waals surface area contributed by atoms with E-state index in [0.717, 1.165) is 76.3 Å². The van der Waals surface area contributed by atoms with Crippen LogP contribution in [0.25, 0.3) is 0 Å². The second kappa shape index (κ2) is 10.5.